The molecule has 3 nitrogen and oxygen atoms in total. The Balaban J connectivity index is 1.76. The first kappa shape index (κ1) is 13.6. The van der Waals surface area contributed by atoms with Gasteiger partial charge < -0.3 is 8.98 Å². The minimum atomic E-state index is 0.565. The van der Waals surface area contributed by atoms with Crippen LogP contribution in [0, 0.1) is 0 Å². The van der Waals surface area contributed by atoms with Crippen molar-refractivity contribution in [2.75, 3.05) is 0 Å². The normalized spacial score (nSPS) is 13.3. The van der Waals surface area contributed by atoms with E-state index in [2.05, 4.69) is 35.0 Å². The van der Waals surface area contributed by atoms with Crippen molar-refractivity contribution in [2.45, 2.75) is 6.54 Å². The predicted molar refractivity (Wildman–Crippen MR) is 95.5 cm³/mol. The van der Waals surface area contributed by atoms with Crippen molar-refractivity contribution in [3.05, 3.63) is 89.1 Å². The highest BCUT2D eigenvalue weighted by Gasteiger charge is 2.22. The third-order valence-corrected chi connectivity index (χ3v) is 4.89. The van der Waals surface area contributed by atoms with Crippen LogP contribution in [0.5, 0.6) is 0 Å². The summed E-state index contributed by atoms with van der Waals surface area (Å²) < 4.78 is 7.44. The Labute approximate surface area is 144 Å². The number of fused-ring (bicyclic) bond motifs is 4. The zero-order valence-electron chi connectivity index (χ0n) is 12.7. The summed E-state index contributed by atoms with van der Waals surface area (Å²) in [7, 11) is 0. The van der Waals surface area contributed by atoms with Crippen molar-refractivity contribution in [2.24, 2.45) is 4.99 Å². The second kappa shape index (κ2) is 5.11. The Morgan fingerprint density at radius 1 is 1.00 bits per heavy atom. The minimum Gasteiger partial charge on any atom is -0.472 e. The summed E-state index contributed by atoms with van der Waals surface area (Å²) in [6.07, 6.45) is 5.53. The average molecular weight is 333 g/mol. The molecule has 0 fully saturated rings. The number of hydrogen-bond donors (Lipinski definition) is 0. The summed E-state index contributed by atoms with van der Waals surface area (Å²) in [6, 6.07) is 16.3. The molecule has 1 aliphatic carbocycles. The quantitative estimate of drug-likeness (QED) is 0.472. The van der Waals surface area contributed by atoms with Gasteiger partial charge in [0.05, 0.1) is 36.2 Å². The molecule has 3 aliphatic rings. The van der Waals surface area contributed by atoms with E-state index in [9.17, 15) is 0 Å². The summed E-state index contributed by atoms with van der Waals surface area (Å²) in [4.78, 5) is 4.91. The van der Waals surface area contributed by atoms with E-state index in [1.165, 1.54) is 0 Å². The maximum Gasteiger partial charge on any atom is 0.0980 e. The molecule has 2 aromatic rings. The summed E-state index contributed by atoms with van der Waals surface area (Å²) >= 11 is 6.42. The van der Waals surface area contributed by atoms with Crippen LogP contribution in [0.2, 0.25) is 5.02 Å². The highest BCUT2D eigenvalue weighted by molar-refractivity contribution is 6.31. The molecule has 5 rings (SSSR count). The second-order valence-corrected chi connectivity index (χ2v) is 6.25. The molecule has 0 radical (unpaired) electrons. The van der Waals surface area contributed by atoms with Crippen LogP contribution < -0.4 is 0 Å². The Bertz CT molecular complexity index is 1060. The Kier molecular flexibility index (Phi) is 2.91. The monoisotopic (exact) mass is 332 g/mol. The van der Waals surface area contributed by atoms with Gasteiger partial charge in [0.15, 0.2) is 0 Å². The van der Waals surface area contributed by atoms with Crippen LogP contribution in [0.15, 0.2) is 76.7 Å². The third kappa shape index (κ3) is 1.88. The van der Waals surface area contributed by atoms with Gasteiger partial charge in [-0.3, -0.25) is 4.99 Å². The molecule has 0 unspecified atom stereocenters. The fourth-order valence-corrected chi connectivity index (χ4v) is 3.63. The van der Waals surface area contributed by atoms with E-state index >= 15 is 0 Å². The van der Waals surface area contributed by atoms with Gasteiger partial charge in [-0.05, 0) is 35.9 Å². The summed E-state index contributed by atoms with van der Waals surface area (Å²) in [5, 5.41) is 0.753. The number of halogens is 1. The topological polar surface area (TPSA) is 30.4 Å². The second-order valence-electron chi connectivity index (χ2n) is 5.84. The van der Waals surface area contributed by atoms with Crippen molar-refractivity contribution in [1.29, 1.82) is 0 Å². The Hall–Kier alpha value is -2.78. The van der Waals surface area contributed by atoms with E-state index in [1.807, 2.05) is 24.3 Å². The highest BCUT2D eigenvalue weighted by atomic mass is 35.5. The maximum absolute atomic E-state index is 6.42. The highest BCUT2D eigenvalue weighted by Crippen LogP contribution is 2.34. The van der Waals surface area contributed by atoms with Crippen LogP contribution in [0.1, 0.15) is 16.8 Å². The molecule has 0 saturated heterocycles. The van der Waals surface area contributed by atoms with Crippen LogP contribution in [-0.4, -0.2) is 10.3 Å². The molecule has 1 aromatic carbocycles. The Morgan fingerprint density at radius 3 is 2.92 bits per heavy atom. The first-order chi connectivity index (χ1) is 11.8. The van der Waals surface area contributed by atoms with Crippen molar-refractivity contribution in [3.63, 3.8) is 0 Å². The smallest absolute Gasteiger partial charge is 0.0980 e. The van der Waals surface area contributed by atoms with E-state index in [0.717, 1.165) is 44.4 Å². The van der Waals surface area contributed by atoms with Gasteiger partial charge in [0, 0.05) is 27.9 Å². The lowest BCUT2D eigenvalue weighted by molar-refractivity contribution is 0.552. The molecule has 4 heteroatoms. The largest absolute Gasteiger partial charge is 0.472 e. The molecule has 0 saturated carbocycles. The molecular formula is C20H13ClN2O. The van der Waals surface area contributed by atoms with Gasteiger partial charge in [0.25, 0.3) is 0 Å². The molecule has 0 N–H and O–H groups in total. The number of aromatic nitrogens is 1. The lowest BCUT2D eigenvalue weighted by Gasteiger charge is -2.11. The van der Waals surface area contributed by atoms with Gasteiger partial charge in [-0.25, -0.2) is 0 Å². The van der Waals surface area contributed by atoms with Crippen LogP contribution in [0.3, 0.4) is 0 Å². The van der Waals surface area contributed by atoms with Crippen LogP contribution in [0.25, 0.3) is 16.8 Å². The Morgan fingerprint density at radius 2 is 1.96 bits per heavy atom. The third-order valence-electron chi connectivity index (χ3n) is 4.53. The fraction of sp³-hybridized carbons (Fsp3) is 0.0500. The molecule has 1 aromatic heterocycles. The number of nitrogens with zero attached hydrogens (tertiary/aromatic N) is 2. The zero-order chi connectivity index (χ0) is 16.1. The number of aliphatic imine (C=N–C) groups is 1. The molecule has 3 heterocycles. The van der Waals surface area contributed by atoms with Gasteiger partial charge in [-0.1, -0.05) is 29.8 Å². The average Bonchev–Trinajstić information content (AvgIpc) is 3.21. The molecule has 2 aliphatic heterocycles. The fourth-order valence-electron chi connectivity index (χ4n) is 3.40. The number of hydrogen-bond acceptors (Lipinski definition) is 2. The predicted octanol–water partition coefficient (Wildman–Crippen LogP) is 5.18. The summed E-state index contributed by atoms with van der Waals surface area (Å²) in [5.41, 5.74) is 7.53. The lowest BCUT2D eigenvalue weighted by Crippen LogP contribution is -2.08. The van der Waals surface area contributed by atoms with Crippen molar-refractivity contribution < 1.29 is 4.42 Å². The van der Waals surface area contributed by atoms with E-state index < -0.39 is 0 Å². The van der Waals surface area contributed by atoms with E-state index in [1.54, 1.807) is 12.5 Å². The van der Waals surface area contributed by atoms with Crippen LogP contribution >= 0.6 is 11.6 Å². The van der Waals surface area contributed by atoms with Gasteiger partial charge >= 0.3 is 0 Å². The molecule has 0 atom stereocenters. The van der Waals surface area contributed by atoms with Gasteiger partial charge in [-0.2, -0.15) is 0 Å². The van der Waals surface area contributed by atoms with E-state index in [4.69, 9.17) is 21.0 Å². The number of rotatable bonds is 1. The van der Waals surface area contributed by atoms with E-state index in [-0.39, 0.29) is 0 Å². The maximum atomic E-state index is 6.42. The van der Waals surface area contributed by atoms with Gasteiger partial charge in [0.1, 0.15) is 0 Å². The number of benzene rings is 1. The molecule has 0 amide bonds. The van der Waals surface area contributed by atoms with E-state index in [0.29, 0.717) is 6.54 Å². The molecule has 116 valence electrons. The standard InChI is InChI=1S/C20H13ClN2O/c21-17-3-1-4-18-16(17)11-22-20(19-5-2-9-23(18)19)15-7-6-13-12-24-10-8-14(13)15/h1-10,12H,11H2. The van der Waals surface area contributed by atoms with Crippen LogP contribution in [-0.2, 0) is 6.54 Å². The van der Waals surface area contributed by atoms with Crippen LogP contribution in [0.4, 0.5) is 0 Å². The first-order valence-corrected chi connectivity index (χ1v) is 8.16. The SMILES string of the molecule is Clc1cccc2c1CN=C(c1ccc3coccc1-3)c1cccn1-2. The molecule has 0 bridgehead atoms. The van der Waals surface area contributed by atoms with Crippen molar-refractivity contribution >= 4 is 17.3 Å². The van der Waals surface area contributed by atoms with Crippen molar-refractivity contribution in [1.82, 2.24) is 4.57 Å². The molecule has 24 heavy (non-hydrogen) atoms. The molecule has 0 spiro atoms. The summed E-state index contributed by atoms with van der Waals surface area (Å²) in [5.74, 6) is 0. The molecular weight excluding hydrogens is 320 g/mol. The summed E-state index contributed by atoms with van der Waals surface area (Å²) in [6.45, 7) is 0.565. The minimum absolute atomic E-state index is 0.565. The first-order valence-electron chi connectivity index (χ1n) is 7.78. The lowest BCUT2D eigenvalue weighted by atomic mass is 10.0. The zero-order valence-corrected chi connectivity index (χ0v) is 13.5. The van der Waals surface area contributed by atoms with Gasteiger partial charge in [-0.15, -0.1) is 0 Å². The van der Waals surface area contributed by atoms with Gasteiger partial charge in [0.2, 0.25) is 0 Å². The van der Waals surface area contributed by atoms with Crippen molar-refractivity contribution in [3.8, 4) is 16.8 Å².